The molecule has 1 aromatic carbocycles. The van der Waals surface area contributed by atoms with Crippen LogP contribution in [0.15, 0.2) is 29.4 Å². The number of urea groups is 1. The fourth-order valence-electron chi connectivity index (χ4n) is 3.66. The third-order valence-electron chi connectivity index (χ3n) is 5.36. The number of carbonyl (C=O) groups excluding carboxylic acids is 1. The van der Waals surface area contributed by atoms with E-state index in [1.165, 1.54) is 11.1 Å². The van der Waals surface area contributed by atoms with Crippen LogP contribution in [-0.4, -0.2) is 59.2 Å². The van der Waals surface area contributed by atoms with Crippen molar-refractivity contribution in [3.63, 3.8) is 0 Å². The van der Waals surface area contributed by atoms with Crippen molar-refractivity contribution >= 4 is 23.1 Å². The highest BCUT2D eigenvalue weighted by molar-refractivity contribution is 6.10. The van der Waals surface area contributed by atoms with Gasteiger partial charge >= 0.3 is 6.03 Å². The first-order valence-corrected chi connectivity index (χ1v) is 9.85. The van der Waals surface area contributed by atoms with E-state index in [2.05, 4.69) is 43.9 Å². The molecule has 2 fully saturated rings. The summed E-state index contributed by atoms with van der Waals surface area (Å²) in [7, 11) is 0. The number of aliphatic imine (C=N–C) groups is 1. The van der Waals surface area contributed by atoms with Gasteiger partial charge in [0, 0.05) is 32.1 Å². The van der Waals surface area contributed by atoms with E-state index in [1.807, 2.05) is 0 Å². The van der Waals surface area contributed by atoms with Gasteiger partial charge < -0.3 is 15.4 Å². The van der Waals surface area contributed by atoms with Crippen LogP contribution in [0.3, 0.4) is 0 Å². The lowest BCUT2D eigenvalue weighted by Crippen LogP contribution is -2.35. The highest BCUT2D eigenvalue weighted by Gasteiger charge is 2.25. The summed E-state index contributed by atoms with van der Waals surface area (Å²) < 4.78 is 5.42. The number of carbonyl (C=O) groups is 1. The SMILES string of the molecule is O=C(Nc1cn[nH]c1C1=Nc2cc(CN3CCOCC3)ccc2C1)NC1CC1. The molecule has 0 bridgehead atoms. The zero-order valence-corrected chi connectivity index (χ0v) is 15.7. The van der Waals surface area contributed by atoms with Gasteiger partial charge in [0.25, 0.3) is 0 Å². The molecule has 8 nitrogen and oxygen atoms in total. The molecule has 1 aromatic heterocycles. The number of aromatic amines is 1. The molecule has 1 saturated heterocycles. The van der Waals surface area contributed by atoms with Crippen molar-refractivity contribution in [3.05, 3.63) is 41.2 Å². The average molecular weight is 380 g/mol. The van der Waals surface area contributed by atoms with Crippen LogP contribution in [0.4, 0.5) is 16.2 Å². The minimum absolute atomic E-state index is 0.186. The number of ether oxygens (including phenoxy) is 1. The van der Waals surface area contributed by atoms with Crippen molar-refractivity contribution in [1.82, 2.24) is 20.4 Å². The molecule has 1 aliphatic carbocycles. The Balaban J connectivity index is 1.30. The van der Waals surface area contributed by atoms with Gasteiger partial charge in [-0.2, -0.15) is 5.10 Å². The largest absolute Gasteiger partial charge is 0.379 e. The number of hydrogen-bond acceptors (Lipinski definition) is 5. The summed E-state index contributed by atoms with van der Waals surface area (Å²) in [5.74, 6) is 0. The molecular weight excluding hydrogens is 356 g/mol. The van der Waals surface area contributed by atoms with Crippen LogP contribution in [0.1, 0.15) is 29.7 Å². The van der Waals surface area contributed by atoms with E-state index in [4.69, 9.17) is 9.73 Å². The molecule has 0 radical (unpaired) electrons. The topological polar surface area (TPSA) is 94.6 Å². The quantitative estimate of drug-likeness (QED) is 0.741. The van der Waals surface area contributed by atoms with Crippen LogP contribution in [-0.2, 0) is 17.7 Å². The third kappa shape index (κ3) is 3.79. The van der Waals surface area contributed by atoms with E-state index < -0.39 is 0 Å². The zero-order valence-electron chi connectivity index (χ0n) is 15.7. The molecule has 2 aliphatic heterocycles. The third-order valence-corrected chi connectivity index (χ3v) is 5.36. The van der Waals surface area contributed by atoms with Crippen molar-refractivity contribution in [1.29, 1.82) is 0 Å². The molecule has 8 heteroatoms. The highest BCUT2D eigenvalue weighted by Crippen LogP contribution is 2.31. The maximum absolute atomic E-state index is 12.1. The number of H-pyrrole nitrogens is 1. The van der Waals surface area contributed by atoms with E-state index in [0.29, 0.717) is 11.7 Å². The molecule has 146 valence electrons. The van der Waals surface area contributed by atoms with Gasteiger partial charge in [-0.15, -0.1) is 0 Å². The second-order valence-corrected chi connectivity index (χ2v) is 7.62. The molecule has 3 aliphatic rings. The average Bonchev–Trinajstić information content (AvgIpc) is 3.22. The van der Waals surface area contributed by atoms with Crippen LogP contribution < -0.4 is 10.6 Å². The number of benzene rings is 1. The molecule has 0 spiro atoms. The van der Waals surface area contributed by atoms with E-state index in [9.17, 15) is 4.79 Å². The van der Waals surface area contributed by atoms with E-state index >= 15 is 0 Å². The van der Waals surface area contributed by atoms with Crippen LogP contribution in [0, 0.1) is 0 Å². The van der Waals surface area contributed by atoms with Crippen molar-refractivity contribution in [2.45, 2.75) is 31.8 Å². The number of nitrogens with zero attached hydrogens (tertiary/aromatic N) is 3. The molecular formula is C20H24N6O2. The molecule has 28 heavy (non-hydrogen) atoms. The lowest BCUT2D eigenvalue weighted by atomic mass is 10.1. The van der Waals surface area contributed by atoms with Gasteiger partial charge in [0.15, 0.2) is 0 Å². The first-order chi connectivity index (χ1) is 13.7. The van der Waals surface area contributed by atoms with E-state index in [0.717, 1.165) is 69.2 Å². The maximum atomic E-state index is 12.1. The fraction of sp³-hybridized carbons (Fsp3) is 0.450. The van der Waals surface area contributed by atoms with Crippen molar-refractivity contribution in [2.24, 2.45) is 4.99 Å². The Kier molecular flexibility index (Phi) is 4.58. The summed E-state index contributed by atoms with van der Waals surface area (Å²) >= 11 is 0. The van der Waals surface area contributed by atoms with Crippen LogP contribution in [0.5, 0.6) is 0 Å². The number of nitrogens with one attached hydrogen (secondary N) is 3. The molecule has 2 aromatic rings. The number of morpholine rings is 1. The Morgan fingerprint density at radius 2 is 2.14 bits per heavy atom. The standard InChI is InChI=1S/C20H24N6O2/c27-20(22-15-3-4-15)24-18-11-21-25-19(18)17-10-14-2-1-13(9-16(14)23-17)12-26-5-7-28-8-6-26/h1-2,9,11,15H,3-8,10,12H2,(H,21,25)(H2,22,24,27). The first-order valence-electron chi connectivity index (χ1n) is 9.85. The zero-order chi connectivity index (χ0) is 18.9. The Hall–Kier alpha value is -2.71. The molecule has 2 amide bonds. The van der Waals surface area contributed by atoms with Crippen molar-refractivity contribution < 1.29 is 9.53 Å². The van der Waals surface area contributed by atoms with Crippen molar-refractivity contribution in [2.75, 3.05) is 31.6 Å². The number of amides is 2. The molecule has 1 saturated carbocycles. The Bertz CT molecular complexity index is 911. The summed E-state index contributed by atoms with van der Waals surface area (Å²) in [6.45, 7) is 4.46. The molecule has 0 atom stereocenters. The van der Waals surface area contributed by atoms with Crippen LogP contribution >= 0.6 is 0 Å². The summed E-state index contributed by atoms with van der Waals surface area (Å²) in [6, 6.07) is 6.64. The molecule has 3 N–H and O–H groups in total. The number of aromatic nitrogens is 2. The Morgan fingerprint density at radius 1 is 1.29 bits per heavy atom. The lowest BCUT2D eigenvalue weighted by molar-refractivity contribution is 0.0342. The smallest absolute Gasteiger partial charge is 0.319 e. The summed E-state index contributed by atoms with van der Waals surface area (Å²) in [4.78, 5) is 19.3. The Labute approximate surface area is 163 Å². The second-order valence-electron chi connectivity index (χ2n) is 7.62. The van der Waals surface area contributed by atoms with Gasteiger partial charge in [-0.1, -0.05) is 12.1 Å². The monoisotopic (exact) mass is 380 g/mol. The molecule has 3 heterocycles. The summed E-state index contributed by atoms with van der Waals surface area (Å²) in [5, 5.41) is 12.9. The number of anilines is 1. The van der Waals surface area contributed by atoms with Crippen LogP contribution in [0.2, 0.25) is 0 Å². The van der Waals surface area contributed by atoms with Gasteiger partial charge in [0.05, 0.1) is 36.5 Å². The first kappa shape index (κ1) is 17.4. The molecule has 0 unspecified atom stereocenters. The number of hydrogen-bond donors (Lipinski definition) is 3. The van der Waals surface area contributed by atoms with Crippen LogP contribution in [0.25, 0.3) is 0 Å². The van der Waals surface area contributed by atoms with Gasteiger partial charge in [-0.25, -0.2) is 4.79 Å². The minimum atomic E-state index is -0.186. The number of rotatable bonds is 5. The minimum Gasteiger partial charge on any atom is -0.379 e. The van der Waals surface area contributed by atoms with Gasteiger partial charge in [0.1, 0.15) is 5.69 Å². The molecule has 5 rings (SSSR count). The normalized spacial score (nSPS) is 19.2. The van der Waals surface area contributed by atoms with Gasteiger partial charge in [-0.05, 0) is 30.0 Å². The fourth-order valence-corrected chi connectivity index (χ4v) is 3.66. The van der Waals surface area contributed by atoms with Gasteiger partial charge in [0.2, 0.25) is 0 Å². The second kappa shape index (κ2) is 7.37. The summed E-state index contributed by atoms with van der Waals surface area (Å²) in [5.41, 5.74) is 5.80. The maximum Gasteiger partial charge on any atom is 0.319 e. The van der Waals surface area contributed by atoms with E-state index in [1.54, 1.807) is 6.20 Å². The Morgan fingerprint density at radius 3 is 2.96 bits per heavy atom. The predicted octanol–water partition coefficient (Wildman–Crippen LogP) is 2.20. The van der Waals surface area contributed by atoms with E-state index in [-0.39, 0.29) is 6.03 Å². The number of fused-ring (bicyclic) bond motifs is 1. The predicted molar refractivity (Wildman–Crippen MR) is 106 cm³/mol. The highest BCUT2D eigenvalue weighted by atomic mass is 16.5. The van der Waals surface area contributed by atoms with Gasteiger partial charge in [-0.3, -0.25) is 15.0 Å². The van der Waals surface area contributed by atoms with Crippen molar-refractivity contribution in [3.8, 4) is 0 Å². The summed E-state index contributed by atoms with van der Waals surface area (Å²) in [6.07, 6.45) is 4.48. The lowest BCUT2D eigenvalue weighted by Gasteiger charge is -2.26.